The van der Waals surface area contributed by atoms with Gasteiger partial charge >= 0.3 is 6.03 Å². The molecule has 0 spiro atoms. The Hall–Kier alpha value is -1.75. The number of nitrogens with two attached hydrogens (primary N) is 1. The van der Waals surface area contributed by atoms with Gasteiger partial charge in [0.1, 0.15) is 0 Å². The Bertz CT molecular complexity index is 488. The highest BCUT2D eigenvalue weighted by Gasteiger charge is 2.36. The number of carbonyl (C=O) groups excluding carboxylic acids is 1. The van der Waals surface area contributed by atoms with Crippen molar-refractivity contribution in [1.29, 1.82) is 0 Å². The van der Waals surface area contributed by atoms with Gasteiger partial charge in [-0.25, -0.2) is 4.79 Å². The Morgan fingerprint density at radius 2 is 1.81 bits per heavy atom. The molecule has 0 saturated carbocycles. The van der Waals surface area contributed by atoms with Crippen molar-refractivity contribution in [2.24, 2.45) is 0 Å². The summed E-state index contributed by atoms with van der Waals surface area (Å²) >= 11 is 0. The summed E-state index contributed by atoms with van der Waals surface area (Å²) in [6.07, 6.45) is 5.95. The van der Waals surface area contributed by atoms with Crippen LogP contribution in [0.15, 0.2) is 24.3 Å². The van der Waals surface area contributed by atoms with E-state index >= 15 is 0 Å². The molecule has 5 nitrogen and oxygen atoms in total. The lowest BCUT2D eigenvalue weighted by molar-refractivity contribution is 0.0513. The first-order valence-electron chi connectivity index (χ1n) is 7.77. The summed E-state index contributed by atoms with van der Waals surface area (Å²) in [7, 11) is 2.22. The third-order valence-corrected chi connectivity index (χ3v) is 4.84. The maximum Gasteiger partial charge on any atom is 0.319 e. The lowest BCUT2D eigenvalue weighted by atomic mass is 9.82. The van der Waals surface area contributed by atoms with Gasteiger partial charge in [-0.2, -0.15) is 0 Å². The largest absolute Gasteiger partial charge is 0.399 e. The Balaban J connectivity index is 1.54. The zero-order valence-corrected chi connectivity index (χ0v) is 12.5. The van der Waals surface area contributed by atoms with E-state index in [2.05, 4.69) is 22.6 Å². The van der Waals surface area contributed by atoms with Gasteiger partial charge in [-0.3, -0.25) is 0 Å². The second-order valence-corrected chi connectivity index (χ2v) is 6.29. The molecule has 2 aliphatic rings. The molecule has 2 saturated heterocycles. The molecule has 1 aromatic carbocycles. The number of carbonyl (C=O) groups is 1. The van der Waals surface area contributed by atoms with E-state index in [1.165, 1.54) is 19.3 Å². The van der Waals surface area contributed by atoms with Gasteiger partial charge < -0.3 is 21.3 Å². The highest BCUT2D eigenvalue weighted by molar-refractivity contribution is 5.89. The van der Waals surface area contributed by atoms with Gasteiger partial charge in [0.05, 0.1) is 0 Å². The van der Waals surface area contributed by atoms with Gasteiger partial charge in [-0.05, 0) is 57.0 Å². The molecule has 2 atom stereocenters. The van der Waals surface area contributed by atoms with Crippen molar-refractivity contribution >= 4 is 17.4 Å². The standard InChI is InChI=1S/C16H24N4O/c1-20-14-3-2-4-15(20)10-13(9-14)19-16(21)18-12-7-5-11(17)6-8-12/h5-8,13-15H,2-4,9-10,17H2,1H3,(H2,18,19,21). The predicted octanol–water partition coefficient (Wildman–Crippen LogP) is 2.41. The van der Waals surface area contributed by atoms with Crippen molar-refractivity contribution in [3.05, 3.63) is 24.3 Å². The molecule has 0 aliphatic carbocycles. The second-order valence-electron chi connectivity index (χ2n) is 6.29. The minimum Gasteiger partial charge on any atom is -0.399 e. The molecule has 2 unspecified atom stereocenters. The average Bonchev–Trinajstić information content (AvgIpc) is 2.42. The number of nitrogens with one attached hydrogen (secondary N) is 2. The van der Waals surface area contributed by atoms with Crippen molar-refractivity contribution in [3.8, 4) is 0 Å². The number of nitrogen functional groups attached to an aromatic ring is 1. The van der Waals surface area contributed by atoms with Gasteiger partial charge in [0.25, 0.3) is 0 Å². The fraction of sp³-hybridized carbons (Fsp3) is 0.562. The maximum absolute atomic E-state index is 12.1. The number of anilines is 2. The quantitative estimate of drug-likeness (QED) is 0.732. The van der Waals surface area contributed by atoms with Gasteiger partial charge in [-0.1, -0.05) is 6.42 Å². The van der Waals surface area contributed by atoms with E-state index < -0.39 is 0 Å². The van der Waals surface area contributed by atoms with Crippen LogP contribution in [-0.4, -0.2) is 36.1 Å². The van der Waals surface area contributed by atoms with Gasteiger partial charge in [0, 0.05) is 29.5 Å². The first kappa shape index (κ1) is 14.2. The normalized spacial score (nSPS) is 28.9. The summed E-state index contributed by atoms with van der Waals surface area (Å²) in [6, 6.07) is 8.62. The third-order valence-electron chi connectivity index (χ3n) is 4.84. The topological polar surface area (TPSA) is 70.4 Å². The monoisotopic (exact) mass is 288 g/mol. The van der Waals surface area contributed by atoms with Crippen LogP contribution in [0.4, 0.5) is 16.2 Å². The lowest BCUT2D eigenvalue weighted by Crippen LogP contribution is -2.55. The molecule has 2 bridgehead atoms. The van der Waals surface area contributed by atoms with Crippen LogP contribution in [0.3, 0.4) is 0 Å². The Morgan fingerprint density at radius 3 is 2.43 bits per heavy atom. The maximum atomic E-state index is 12.1. The number of rotatable bonds is 2. The van der Waals surface area contributed by atoms with Crippen LogP contribution in [0.2, 0.25) is 0 Å². The zero-order chi connectivity index (χ0) is 14.8. The van der Waals surface area contributed by atoms with E-state index in [1.54, 1.807) is 12.1 Å². The molecule has 1 aromatic rings. The first-order valence-corrected chi connectivity index (χ1v) is 7.77. The molecule has 5 heteroatoms. The smallest absolute Gasteiger partial charge is 0.319 e. The van der Waals surface area contributed by atoms with Gasteiger partial charge in [0.15, 0.2) is 0 Å². The third kappa shape index (κ3) is 3.29. The Kier molecular flexibility index (Phi) is 4.01. The molecular weight excluding hydrogens is 264 g/mol. The van der Waals surface area contributed by atoms with E-state index in [1.807, 2.05) is 12.1 Å². The van der Waals surface area contributed by atoms with Crippen molar-refractivity contribution in [2.45, 2.75) is 50.2 Å². The van der Waals surface area contributed by atoms with Crippen LogP contribution in [0, 0.1) is 0 Å². The van der Waals surface area contributed by atoms with Crippen LogP contribution in [0.1, 0.15) is 32.1 Å². The van der Waals surface area contributed by atoms with E-state index in [0.717, 1.165) is 18.5 Å². The fourth-order valence-corrected chi connectivity index (χ4v) is 3.65. The highest BCUT2D eigenvalue weighted by atomic mass is 16.2. The fourth-order valence-electron chi connectivity index (χ4n) is 3.65. The van der Waals surface area contributed by atoms with Crippen molar-refractivity contribution in [3.63, 3.8) is 0 Å². The number of hydrogen-bond donors (Lipinski definition) is 3. The highest BCUT2D eigenvalue weighted by Crippen LogP contribution is 2.32. The molecule has 2 aliphatic heterocycles. The number of piperidine rings is 2. The molecule has 114 valence electrons. The van der Waals surface area contributed by atoms with Crippen LogP contribution in [0.5, 0.6) is 0 Å². The Labute approximate surface area is 125 Å². The van der Waals surface area contributed by atoms with Crippen LogP contribution < -0.4 is 16.4 Å². The van der Waals surface area contributed by atoms with Gasteiger partial charge in [-0.15, -0.1) is 0 Å². The average molecular weight is 288 g/mol. The second kappa shape index (κ2) is 5.93. The summed E-state index contributed by atoms with van der Waals surface area (Å²) in [5, 5.41) is 6.00. The summed E-state index contributed by atoms with van der Waals surface area (Å²) < 4.78 is 0. The number of hydrogen-bond acceptors (Lipinski definition) is 3. The molecule has 2 heterocycles. The minimum absolute atomic E-state index is 0.118. The van der Waals surface area contributed by atoms with E-state index in [4.69, 9.17) is 5.73 Å². The number of fused-ring (bicyclic) bond motifs is 2. The van der Waals surface area contributed by atoms with Crippen molar-refractivity contribution in [1.82, 2.24) is 10.2 Å². The zero-order valence-electron chi connectivity index (χ0n) is 12.5. The predicted molar refractivity (Wildman–Crippen MR) is 85.2 cm³/mol. The molecule has 3 rings (SSSR count). The van der Waals surface area contributed by atoms with Crippen LogP contribution >= 0.6 is 0 Å². The number of urea groups is 1. The molecule has 21 heavy (non-hydrogen) atoms. The number of benzene rings is 1. The lowest BCUT2D eigenvalue weighted by Gasteiger charge is -2.47. The number of nitrogens with zero attached hydrogens (tertiary/aromatic N) is 1. The van der Waals surface area contributed by atoms with Crippen LogP contribution in [0.25, 0.3) is 0 Å². The van der Waals surface area contributed by atoms with Gasteiger partial charge in [0.2, 0.25) is 0 Å². The van der Waals surface area contributed by atoms with Crippen LogP contribution in [-0.2, 0) is 0 Å². The summed E-state index contributed by atoms with van der Waals surface area (Å²) in [4.78, 5) is 14.6. The van der Waals surface area contributed by atoms with Crippen molar-refractivity contribution < 1.29 is 4.79 Å². The van der Waals surface area contributed by atoms with E-state index in [0.29, 0.717) is 17.8 Å². The number of amides is 2. The summed E-state index contributed by atoms with van der Waals surface area (Å²) in [6.45, 7) is 0. The molecule has 4 N–H and O–H groups in total. The molecular formula is C16H24N4O. The Morgan fingerprint density at radius 1 is 1.19 bits per heavy atom. The molecule has 0 aromatic heterocycles. The van der Waals surface area contributed by atoms with Crippen molar-refractivity contribution in [2.75, 3.05) is 18.1 Å². The minimum atomic E-state index is -0.118. The first-order chi connectivity index (χ1) is 10.1. The molecule has 0 radical (unpaired) electrons. The van der Waals surface area contributed by atoms with E-state index in [9.17, 15) is 4.79 Å². The summed E-state index contributed by atoms with van der Waals surface area (Å²) in [5.41, 5.74) is 7.11. The SMILES string of the molecule is CN1C2CCCC1CC(NC(=O)Nc1ccc(N)cc1)C2. The molecule has 2 fully saturated rings. The van der Waals surface area contributed by atoms with E-state index in [-0.39, 0.29) is 12.1 Å². The summed E-state index contributed by atoms with van der Waals surface area (Å²) in [5.74, 6) is 0. The molecule has 2 amide bonds.